The third-order valence-electron chi connectivity index (χ3n) is 15.1. The van der Waals surface area contributed by atoms with Gasteiger partial charge in [0.15, 0.2) is 0 Å². The number of thiophene rings is 1. The van der Waals surface area contributed by atoms with Crippen LogP contribution in [-0.2, 0) is 48.1 Å². The predicted molar refractivity (Wildman–Crippen MR) is 324 cm³/mol. The Bertz CT molecular complexity index is 3720. The molecular weight excluding hydrogens is 1140 g/mol. The molecule has 0 saturated heterocycles. The molecule has 396 valence electrons. The topological polar surface area (TPSA) is 33.5 Å². The van der Waals surface area contributed by atoms with Crippen molar-refractivity contribution in [1.82, 2.24) is 9.55 Å². The fraction of sp³-hybridized carbons (Fsp3) is 0.286. The first-order valence-corrected chi connectivity index (χ1v) is 27.7. The number of nitrogens with zero attached hydrogens (tertiary/aromatic N) is 4. The maximum absolute atomic E-state index is 6.83. The van der Waals surface area contributed by atoms with Gasteiger partial charge in [0, 0.05) is 81.7 Å². The second-order valence-corrected chi connectivity index (χ2v) is 27.0. The first-order valence-electron chi connectivity index (χ1n) is 26.8. The molecule has 5 nitrogen and oxygen atoms in total. The van der Waals surface area contributed by atoms with Gasteiger partial charge in [-0.1, -0.05) is 200 Å². The van der Waals surface area contributed by atoms with E-state index in [1.165, 1.54) is 64.9 Å². The van der Waals surface area contributed by atoms with Crippen molar-refractivity contribution in [3.8, 4) is 39.6 Å². The van der Waals surface area contributed by atoms with Gasteiger partial charge in [-0.15, -0.1) is 54.0 Å². The van der Waals surface area contributed by atoms with E-state index in [-0.39, 0.29) is 48.1 Å². The summed E-state index contributed by atoms with van der Waals surface area (Å²) in [6, 6.07) is 60.9. The Morgan fingerprint density at radius 2 is 1.00 bits per heavy atom. The molecule has 11 rings (SSSR count). The maximum Gasteiger partial charge on any atom is 0.135 e. The van der Waals surface area contributed by atoms with Crippen molar-refractivity contribution in [1.29, 1.82) is 0 Å². The van der Waals surface area contributed by atoms with E-state index in [9.17, 15) is 0 Å². The van der Waals surface area contributed by atoms with Crippen LogP contribution in [-0.4, -0.2) is 9.55 Å². The van der Waals surface area contributed by atoms with Crippen molar-refractivity contribution in [3.05, 3.63) is 198 Å². The van der Waals surface area contributed by atoms with E-state index in [0.717, 1.165) is 45.0 Å². The van der Waals surface area contributed by atoms with Crippen molar-refractivity contribution in [2.45, 2.75) is 131 Å². The van der Waals surface area contributed by atoms with E-state index in [1.807, 2.05) is 29.7 Å². The number of benzene rings is 7. The van der Waals surface area contributed by atoms with Crippen LogP contribution >= 0.6 is 11.3 Å². The van der Waals surface area contributed by atoms with Gasteiger partial charge in [0.2, 0.25) is 0 Å². The van der Waals surface area contributed by atoms with Crippen LogP contribution in [0, 0.1) is 18.8 Å². The molecule has 10 aromatic rings. The maximum atomic E-state index is 6.83. The van der Waals surface area contributed by atoms with Crippen molar-refractivity contribution < 1.29 is 25.8 Å². The molecule has 4 heterocycles. The minimum Gasteiger partial charge on any atom is -0.509 e. The molecule has 0 unspecified atom stereocenters. The molecule has 0 aliphatic carbocycles. The fourth-order valence-electron chi connectivity index (χ4n) is 10.5. The Morgan fingerprint density at radius 1 is 0.481 bits per heavy atom. The summed E-state index contributed by atoms with van der Waals surface area (Å²) in [5, 5.41) is 2.32. The van der Waals surface area contributed by atoms with Crippen LogP contribution in [0.4, 0.5) is 22.7 Å². The molecule has 0 spiro atoms. The van der Waals surface area contributed by atoms with Crippen molar-refractivity contribution in [3.63, 3.8) is 0 Å². The monoisotopic (exact) mass is 1210 g/mol. The average Bonchev–Trinajstić information content (AvgIpc) is 4.15. The third-order valence-corrected chi connectivity index (χ3v) is 16.3. The zero-order chi connectivity index (χ0) is 53.9. The van der Waals surface area contributed by atoms with E-state index >= 15 is 0 Å². The largest absolute Gasteiger partial charge is 0.509 e. The number of rotatable bonds is 7. The summed E-state index contributed by atoms with van der Waals surface area (Å²) in [5.41, 5.74) is 17.2. The molecule has 0 fully saturated rings. The number of hydrogen-bond donors (Lipinski definition) is 0. The Kier molecular flexibility index (Phi) is 13.6. The summed E-state index contributed by atoms with van der Waals surface area (Å²) >= 11 is 1.81. The van der Waals surface area contributed by atoms with Crippen LogP contribution in [0.15, 0.2) is 152 Å². The van der Waals surface area contributed by atoms with E-state index in [4.69, 9.17) is 9.72 Å². The fourth-order valence-corrected chi connectivity index (χ4v) is 11.7. The molecule has 1 aliphatic rings. The summed E-state index contributed by atoms with van der Waals surface area (Å²) in [6.07, 6.45) is 1.93. The van der Waals surface area contributed by atoms with Crippen molar-refractivity contribution in [2.24, 2.45) is 0 Å². The summed E-state index contributed by atoms with van der Waals surface area (Å²) in [4.78, 5) is 9.65. The van der Waals surface area contributed by atoms with Crippen LogP contribution in [0.3, 0.4) is 0 Å². The molecule has 0 amide bonds. The zero-order valence-corrected chi connectivity index (χ0v) is 50.5. The molecule has 7 aromatic carbocycles. The Hall–Kier alpha value is -6.46. The van der Waals surface area contributed by atoms with Gasteiger partial charge < -0.3 is 19.1 Å². The molecular formula is C70H71N4OPtS-3. The Labute approximate surface area is 476 Å². The molecule has 3 aromatic heterocycles. The molecule has 1 aliphatic heterocycles. The molecule has 0 bridgehead atoms. The Balaban J connectivity index is 0.00000672. The molecule has 0 saturated carbocycles. The van der Waals surface area contributed by atoms with Gasteiger partial charge in [0.05, 0.1) is 5.52 Å². The van der Waals surface area contributed by atoms with Crippen LogP contribution in [0.1, 0.15) is 132 Å². The van der Waals surface area contributed by atoms with Crippen LogP contribution in [0.25, 0.3) is 59.3 Å². The second kappa shape index (κ2) is 19.5. The van der Waals surface area contributed by atoms with Gasteiger partial charge in [0.1, 0.15) is 5.82 Å². The average molecular weight is 1210 g/mol. The number of aromatic nitrogens is 2. The number of fused-ring (bicyclic) bond motifs is 6. The molecule has 7 heteroatoms. The molecule has 0 atom stereocenters. The summed E-state index contributed by atoms with van der Waals surface area (Å²) in [7, 11) is 0. The number of hydrogen-bond acceptors (Lipinski definition) is 5. The van der Waals surface area contributed by atoms with Crippen LogP contribution < -0.4 is 14.5 Å². The smallest absolute Gasteiger partial charge is 0.135 e. The van der Waals surface area contributed by atoms with Crippen LogP contribution in [0.5, 0.6) is 11.5 Å². The van der Waals surface area contributed by atoms with E-state index < -0.39 is 0 Å². The number of anilines is 4. The summed E-state index contributed by atoms with van der Waals surface area (Å²) in [5.74, 6) is 2.07. The van der Waals surface area contributed by atoms with Gasteiger partial charge in [-0.25, -0.2) is 4.98 Å². The summed E-state index contributed by atoms with van der Waals surface area (Å²) in [6.45, 7) is 36.8. The first kappa shape index (κ1) is 53.9. The molecule has 77 heavy (non-hydrogen) atoms. The summed E-state index contributed by atoms with van der Waals surface area (Å²) < 4.78 is 11.6. The molecule has 0 N–H and O–H groups in total. The van der Waals surface area contributed by atoms with Gasteiger partial charge in [-0.3, -0.25) is 0 Å². The number of pyridine rings is 1. The Morgan fingerprint density at radius 3 is 1.57 bits per heavy atom. The minimum absolute atomic E-state index is 0. The van der Waals surface area contributed by atoms with E-state index in [1.54, 1.807) is 0 Å². The van der Waals surface area contributed by atoms with Crippen LogP contribution in [0.2, 0.25) is 0 Å². The van der Waals surface area contributed by atoms with Gasteiger partial charge in [0.25, 0.3) is 0 Å². The third kappa shape index (κ3) is 10.2. The van der Waals surface area contributed by atoms with E-state index in [2.05, 4.69) is 270 Å². The van der Waals surface area contributed by atoms with Gasteiger partial charge >= 0.3 is 0 Å². The quantitative estimate of drug-likeness (QED) is 0.149. The second-order valence-electron chi connectivity index (χ2n) is 26.0. The van der Waals surface area contributed by atoms with Crippen molar-refractivity contribution >= 4 is 65.3 Å². The zero-order valence-electron chi connectivity index (χ0n) is 47.4. The van der Waals surface area contributed by atoms with Gasteiger partial charge in [-0.2, -0.15) is 12.1 Å². The standard InChI is InChI=1S/C70H71N4OS.Pt/c1-66(2,3)46-32-33-71-62(40-46)74-60-42-53(30-31-56(60)65-64(74)57-24-16-19-29-61(57)76-65)75-52-23-20-22-51(41-52)72-43-73(59-28-18-17-27-58(59)72)63-54(44-34-47(67(4,5)6)38-48(35-44)68(7,8)9)25-21-26-55(63)45-36-49(69(10,11)12)39-50(37-45)70(13,14)15;/h16-40,43H,1-15H3;/q-3;. The number of para-hydroxylation sites is 3. The van der Waals surface area contributed by atoms with Gasteiger partial charge in [-0.05, 0) is 96.4 Å². The SMILES string of the molecule is CC(C)(C)c1cc(-c2cccc(-c3cc(C(C)(C)C)cc(C(C)(C)C)c3)c2N2[CH-]N(c3[c-]c(Oc4[c-]c5c(cc4)c4sc6ccccc6c4n5-c4cc(C(C)(C)C)ccn4)ccc3)c3ccccc32)cc(C(C)(C)C)c1.[Pt]. The first-order chi connectivity index (χ1) is 35.8. The number of ether oxygens (including phenoxy) is 1. The normalized spacial score (nSPS) is 13.4. The predicted octanol–water partition coefficient (Wildman–Crippen LogP) is 20.0. The minimum atomic E-state index is -0.0586. The molecule has 0 radical (unpaired) electrons. The van der Waals surface area contributed by atoms with Crippen molar-refractivity contribution in [2.75, 3.05) is 9.80 Å². The van der Waals surface area contributed by atoms with E-state index in [0.29, 0.717) is 11.5 Å².